The number of rotatable bonds is 4. The number of hydrogen-bond acceptors (Lipinski definition) is 3. The first-order chi connectivity index (χ1) is 10.2. The topological polar surface area (TPSA) is 74.8 Å². The molecule has 0 aliphatic heterocycles. The summed E-state index contributed by atoms with van der Waals surface area (Å²) in [7, 11) is 0. The van der Waals surface area contributed by atoms with Gasteiger partial charge in [-0.3, -0.25) is 9.59 Å². The van der Waals surface area contributed by atoms with Crippen LogP contribution in [-0.4, -0.2) is 15.9 Å². The lowest BCUT2D eigenvalue weighted by Crippen LogP contribution is -2.13. The van der Waals surface area contributed by atoms with Crippen molar-refractivity contribution in [1.82, 2.24) is 9.97 Å². The third kappa shape index (κ3) is 3.29. The molecule has 1 fully saturated rings. The molecule has 1 aromatic carbocycles. The van der Waals surface area contributed by atoms with Crippen LogP contribution in [0.25, 0.3) is 10.9 Å². The molecule has 2 aromatic rings. The summed E-state index contributed by atoms with van der Waals surface area (Å²) in [4.78, 5) is 30.3. The summed E-state index contributed by atoms with van der Waals surface area (Å²) >= 11 is 0. The summed E-state index contributed by atoms with van der Waals surface area (Å²) in [5.41, 5.74) is 1.09. The molecule has 0 saturated heterocycles. The normalized spacial score (nSPS) is 15.4. The van der Waals surface area contributed by atoms with Gasteiger partial charge >= 0.3 is 0 Å². The van der Waals surface area contributed by atoms with Gasteiger partial charge in [0.05, 0.1) is 17.2 Å². The Bertz CT molecular complexity index is 702. The van der Waals surface area contributed by atoms with E-state index in [0.29, 0.717) is 28.9 Å². The highest BCUT2D eigenvalue weighted by Gasteiger charge is 2.16. The van der Waals surface area contributed by atoms with Crippen LogP contribution in [0.2, 0.25) is 0 Å². The predicted octanol–water partition coefficient (Wildman–Crippen LogP) is 2.83. The summed E-state index contributed by atoms with van der Waals surface area (Å²) < 4.78 is 0. The van der Waals surface area contributed by atoms with E-state index in [-0.39, 0.29) is 11.5 Å². The van der Waals surface area contributed by atoms with E-state index in [2.05, 4.69) is 15.3 Å². The molecular weight excluding hydrogens is 266 g/mol. The lowest BCUT2D eigenvalue weighted by Gasteiger charge is -2.09. The first kappa shape index (κ1) is 13.8. The van der Waals surface area contributed by atoms with Crippen LogP contribution in [0.1, 0.15) is 38.5 Å². The number of amides is 1. The van der Waals surface area contributed by atoms with Crippen LogP contribution in [0.5, 0.6) is 0 Å². The smallest absolute Gasteiger partial charge is 0.258 e. The van der Waals surface area contributed by atoms with Crippen LogP contribution in [0.4, 0.5) is 5.69 Å². The molecule has 1 saturated carbocycles. The van der Waals surface area contributed by atoms with Crippen molar-refractivity contribution in [2.75, 3.05) is 5.32 Å². The van der Waals surface area contributed by atoms with Gasteiger partial charge in [-0.25, -0.2) is 4.98 Å². The van der Waals surface area contributed by atoms with Gasteiger partial charge in [-0.2, -0.15) is 0 Å². The van der Waals surface area contributed by atoms with Gasteiger partial charge in [-0.15, -0.1) is 0 Å². The fraction of sp³-hybridized carbons (Fsp3) is 0.438. The van der Waals surface area contributed by atoms with Crippen LogP contribution >= 0.6 is 0 Å². The highest BCUT2D eigenvalue weighted by molar-refractivity contribution is 5.93. The van der Waals surface area contributed by atoms with Gasteiger partial charge in [0, 0.05) is 12.1 Å². The molecule has 0 radical (unpaired) electrons. The molecule has 21 heavy (non-hydrogen) atoms. The van der Waals surface area contributed by atoms with E-state index < -0.39 is 0 Å². The van der Waals surface area contributed by atoms with Gasteiger partial charge in [0.15, 0.2) is 0 Å². The number of H-pyrrole nitrogens is 1. The molecule has 0 atom stereocenters. The summed E-state index contributed by atoms with van der Waals surface area (Å²) in [5, 5.41) is 3.36. The van der Waals surface area contributed by atoms with Crippen molar-refractivity contribution < 1.29 is 4.79 Å². The maximum Gasteiger partial charge on any atom is 0.258 e. The number of fused-ring (bicyclic) bond motifs is 1. The number of carbonyl (C=O) groups excluding carboxylic acids is 1. The standard InChI is InChI=1S/C16H19N3O2/c20-15(8-5-11-3-1-2-4-11)19-12-6-7-14-13(9-12)16(21)18-10-17-14/h6-7,9-11H,1-5,8H2,(H,19,20)(H,17,18,21). The Balaban J connectivity index is 1.65. The summed E-state index contributed by atoms with van der Waals surface area (Å²) in [6, 6.07) is 5.20. The maximum absolute atomic E-state index is 12.0. The lowest BCUT2D eigenvalue weighted by atomic mass is 10.0. The van der Waals surface area contributed by atoms with Crippen molar-refractivity contribution >= 4 is 22.5 Å². The number of aromatic nitrogens is 2. The molecule has 3 rings (SSSR count). The molecule has 1 amide bonds. The van der Waals surface area contributed by atoms with Crippen molar-refractivity contribution in [3.8, 4) is 0 Å². The minimum atomic E-state index is -0.193. The molecule has 5 nitrogen and oxygen atoms in total. The zero-order valence-corrected chi connectivity index (χ0v) is 11.9. The Morgan fingerprint density at radius 3 is 2.95 bits per heavy atom. The first-order valence-electron chi connectivity index (χ1n) is 7.50. The monoisotopic (exact) mass is 285 g/mol. The zero-order valence-electron chi connectivity index (χ0n) is 11.9. The number of carbonyl (C=O) groups is 1. The SMILES string of the molecule is O=C(CCC1CCCC1)Nc1ccc2nc[nH]c(=O)c2c1. The number of nitrogens with one attached hydrogen (secondary N) is 2. The van der Waals surface area contributed by atoms with E-state index in [4.69, 9.17) is 0 Å². The third-order valence-electron chi connectivity index (χ3n) is 4.18. The predicted molar refractivity (Wildman–Crippen MR) is 82.2 cm³/mol. The summed E-state index contributed by atoms with van der Waals surface area (Å²) in [5.74, 6) is 0.723. The third-order valence-corrected chi connectivity index (χ3v) is 4.18. The van der Waals surface area contributed by atoms with E-state index in [1.54, 1.807) is 18.2 Å². The van der Waals surface area contributed by atoms with Crippen molar-refractivity contribution in [1.29, 1.82) is 0 Å². The van der Waals surface area contributed by atoms with Crippen molar-refractivity contribution in [2.24, 2.45) is 5.92 Å². The first-order valence-corrected chi connectivity index (χ1v) is 7.50. The van der Waals surface area contributed by atoms with Crippen LogP contribution < -0.4 is 10.9 Å². The Morgan fingerprint density at radius 2 is 2.14 bits per heavy atom. The molecule has 110 valence electrons. The molecular formula is C16H19N3O2. The fourth-order valence-corrected chi connectivity index (χ4v) is 3.00. The summed E-state index contributed by atoms with van der Waals surface area (Å²) in [6.07, 6.45) is 7.99. The second-order valence-corrected chi connectivity index (χ2v) is 5.70. The van der Waals surface area contributed by atoms with Gasteiger partial charge in [-0.1, -0.05) is 25.7 Å². The van der Waals surface area contributed by atoms with E-state index in [1.165, 1.54) is 32.0 Å². The molecule has 0 spiro atoms. The fourth-order valence-electron chi connectivity index (χ4n) is 3.00. The quantitative estimate of drug-likeness (QED) is 0.907. The molecule has 1 aliphatic carbocycles. The Kier molecular flexibility index (Phi) is 3.99. The molecule has 0 unspecified atom stereocenters. The van der Waals surface area contributed by atoms with Gasteiger partial charge in [-0.05, 0) is 30.5 Å². The molecule has 0 bridgehead atoms. The summed E-state index contributed by atoms with van der Waals surface area (Å²) in [6.45, 7) is 0. The van der Waals surface area contributed by atoms with E-state index in [1.807, 2.05) is 0 Å². The largest absolute Gasteiger partial charge is 0.326 e. The Hall–Kier alpha value is -2.17. The van der Waals surface area contributed by atoms with Gasteiger partial charge in [0.1, 0.15) is 0 Å². The second kappa shape index (κ2) is 6.08. The molecule has 1 heterocycles. The van der Waals surface area contributed by atoms with Crippen molar-refractivity contribution in [3.05, 3.63) is 34.9 Å². The van der Waals surface area contributed by atoms with E-state index in [9.17, 15) is 9.59 Å². The molecule has 2 N–H and O–H groups in total. The number of anilines is 1. The molecule has 1 aromatic heterocycles. The highest BCUT2D eigenvalue weighted by Crippen LogP contribution is 2.28. The Labute approximate surface area is 122 Å². The number of aromatic amines is 1. The van der Waals surface area contributed by atoms with Crippen LogP contribution in [0.3, 0.4) is 0 Å². The van der Waals surface area contributed by atoms with E-state index in [0.717, 1.165) is 6.42 Å². The van der Waals surface area contributed by atoms with Crippen LogP contribution in [0, 0.1) is 5.92 Å². The minimum Gasteiger partial charge on any atom is -0.326 e. The minimum absolute atomic E-state index is 0.0153. The van der Waals surface area contributed by atoms with Gasteiger partial charge in [0.2, 0.25) is 5.91 Å². The average Bonchev–Trinajstić information content (AvgIpc) is 2.99. The maximum atomic E-state index is 12.0. The Morgan fingerprint density at radius 1 is 1.33 bits per heavy atom. The number of nitrogens with zero attached hydrogens (tertiary/aromatic N) is 1. The highest BCUT2D eigenvalue weighted by atomic mass is 16.1. The van der Waals surface area contributed by atoms with Crippen molar-refractivity contribution in [3.63, 3.8) is 0 Å². The zero-order chi connectivity index (χ0) is 14.7. The van der Waals surface area contributed by atoms with Crippen LogP contribution in [-0.2, 0) is 4.79 Å². The number of hydrogen-bond donors (Lipinski definition) is 2. The average molecular weight is 285 g/mol. The lowest BCUT2D eigenvalue weighted by molar-refractivity contribution is -0.116. The van der Waals surface area contributed by atoms with Crippen molar-refractivity contribution in [2.45, 2.75) is 38.5 Å². The molecule has 5 heteroatoms. The van der Waals surface area contributed by atoms with Gasteiger partial charge in [0.25, 0.3) is 5.56 Å². The number of benzene rings is 1. The van der Waals surface area contributed by atoms with E-state index >= 15 is 0 Å². The van der Waals surface area contributed by atoms with Crippen LogP contribution in [0.15, 0.2) is 29.3 Å². The second-order valence-electron chi connectivity index (χ2n) is 5.70. The van der Waals surface area contributed by atoms with Gasteiger partial charge < -0.3 is 10.3 Å². The molecule has 1 aliphatic rings.